The highest BCUT2D eigenvalue weighted by atomic mass is 16.6. The first-order valence-corrected chi connectivity index (χ1v) is 6.12. The lowest BCUT2D eigenvalue weighted by Crippen LogP contribution is -2.50. The minimum Gasteiger partial charge on any atom is -0.497 e. The average molecular weight is 252 g/mol. The fraction of sp³-hybridized carbons (Fsp3) is 0.538. The van der Waals surface area contributed by atoms with Gasteiger partial charge in [0.05, 0.1) is 39.1 Å². The van der Waals surface area contributed by atoms with Crippen LogP contribution >= 0.6 is 0 Å². The summed E-state index contributed by atoms with van der Waals surface area (Å²) in [6, 6.07) is 8.00. The summed E-state index contributed by atoms with van der Waals surface area (Å²) in [6.45, 7) is 1.87. The van der Waals surface area contributed by atoms with Crippen molar-refractivity contribution in [3.63, 3.8) is 0 Å². The van der Waals surface area contributed by atoms with Crippen molar-refractivity contribution in [2.45, 2.75) is 18.6 Å². The molecule has 2 rings (SSSR count). The molecule has 18 heavy (non-hydrogen) atoms. The summed E-state index contributed by atoms with van der Waals surface area (Å²) in [4.78, 5) is 0. The number of rotatable bonds is 5. The zero-order valence-electron chi connectivity index (χ0n) is 10.6. The largest absolute Gasteiger partial charge is 0.497 e. The molecule has 2 atom stereocenters. The maximum Gasteiger partial charge on any atom is 0.119 e. The minimum atomic E-state index is -0.00467. The van der Waals surface area contributed by atoms with Crippen molar-refractivity contribution in [3.8, 4) is 5.75 Å². The molecule has 1 fully saturated rings. The first-order valence-electron chi connectivity index (χ1n) is 6.12. The van der Waals surface area contributed by atoms with Gasteiger partial charge >= 0.3 is 0 Å². The average Bonchev–Trinajstić information content (AvgIpc) is 2.46. The standard InChI is InChI=1S/C13H20N2O3/c1-16-11-4-2-3-10(7-11)8-12(15-14)13-9-17-5-6-18-13/h2-4,7,12-13,15H,5-6,8-9,14H2,1H3. The third-order valence-corrected chi connectivity index (χ3v) is 3.09. The summed E-state index contributed by atoms with van der Waals surface area (Å²) >= 11 is 0. The summed E-state index contributed by atoms with van der Waals surface area (Å²) in [6.07, 6.45) is 0.775. The topological polar surface area (TPSA) is 65.7 Å². The number of hydrogen-bond acceptors (Lipinski definition) is 5. The van der Waals surface area contributed by atoms with E-state index in [4.69, 9.17) is 20.1 Å². The van der Waals surface area contributed by atoms with Crippen LogP contribution in [-0.4, -0.2) is 39.1 Å². The van der Waals surface area contributed by atoms with E-state index in [1.165, 1.54) is 0 Å². The predicted molar refractivity (Wildman–Crippen MR) is 68.4 cm³/mol. The molecule has 2 unspecified atom stereocenters. The van der Waals surface area contributed by atoms with E-state index in [-0.39, 0.29) is 12.1 Å². The Morgan fingerprint density at radius 3 is 3.06 bits per heavy atom. The molecule has 0 amide bonds. The van der Waals surface area contributed by atoms with E-state index in [0.717, 1.165) is 17.7 Å². The summed E-state index contributed by atoms with van der Waals surface area (Å²) < 4.78 is 16.3. The summed E-state index contributed by atoms with van der Waals surface area (Å²) in [5.41, 5.74) is 3.97. The molecule has 0 aliphatic carbocycles. The Balaban J connectivity index is 1.99. The summed E-state index contributed by atoms with van der Waals surface area (Å²) in [5.74, 6) is 6.46. The van der Waals surface area contributed by atoms with E-state index >= 15 is 0 Å². The second-order valence-electron chi connectivity index (χ2n) is 4.31. The molecule has 0 bridgehead atoms. The first kappa shape index (κ1) is 13.3. The van der Waals surface area contributed by atoms with Gasteiger partial charge in [0, 0.05) is 0 Å². The highest BCUT2D eigenvalue weighted by Crippen LogP contribution is 2.16. The van der Waals surface area contributed by atoms with Gasteiger partial charge in [0.25, 0.3) is 0 Å². The van der Waals surface area contributed by atoms with Crippen LogP contribution in [0.2, 0.25) is 0 Å². The highest BCUT2D eigenvalue weighted by Gasteiger charge is 2.24. The van der Waals surface area contributed by atoms with Gasteiger partial charge in [0.1, 0.15) is 5.75 Å². The number of methoxy groups -OCH3 is 1. The van der Waals surface area contributed by atoms with Crippen molar-refractivity contribution in [2.24, 2.45) is 5.84 Å². The number of nitrogens with two attached hydrogens (primary N) is 1. The van der Waals surface area contributed by atoms with E-state index in [1.54, 1.807) is 7.11 Å². The van der Waals surface area contributed by atoms with Crippen LogP contribution in [0.1, 0.15) is 5.56 Å². The molecule has 1 aromatic carbocycles. The molecular weight excluding hydrogens is 232 g/mol. The molecule has 3 N–H and O–H groups in total. The third-order valence-electron chi connectivity index (χ3n) is 3.09. The van der Waals surface area contributed by atoms with Gasteiger partial charge in [0.15, 0.2) is 0 Å². The maximum atomic E-state index is 5.66. The Bertz CT molecular complexity index is 367. The van der Waals surface area contributed by atoms with E-state index in [0.29, 0.717) is 19.8 Å². The fourth-order valence-electron chi connectivity index (χ4n) is 2.09. The Labute approximate surface area is 107 Å². The number of hydrazine groups is 1. The van der Waals surface area contributed by atoms with Crippen LogP contribution in [0.4, 0.5) is 0 Å². The van der Waals surface area contributed by atoms with Gasteiger partial charge in [-0.2, -0.15) is 0 Å². The normalized spacial score (nSPS) is 21.6. The van der Waals surface area contributed by atoms with Crippen molar-refractivity contribution in [1.82, 2.24) is 5.43 Å². The second kappa shape index (κ2) is 6.70. The molecule has 0 saturated carbocycles. The summed E-state index contributed by atoms with van der Waals surface area (Å²) in [7, 11) is 1.66. The lowest BCUT2D eigenvalue weighted by molar-refractivity contribution is -0.101. The molecule has 1 aromatic rings. The third kappa shape index (κ3) is 3.43. The Kier molecular flexibility index (Phi) is 4.95. The molecule has 1 aliphatic heterocycles. The van der Waals surface area contributed by atoms with Crippen LogP contribution in [0, 0.1) is 0 Å². The molecule has 5 nitrogen and oxygen atoms in total. The zero-order valence-corrected chi connectivity index (χ0v) is 10.6. The molecule has 1 aliphatic rings. The summed E-state index contributed by atoms with van der Waals surface area (Å²) in [5, 5.41) is 0. The Morgan fingerprint density at radius 1 is 1.50 bits per heavy atom. The quantitative estimate of drug-likeness (QED) is 0.589. The van der Waals surface area contributed by atoms with Crippen LogP contribution in [0.5, 0.6) is 5.75 Å². The van der Waals surface area contributed by atoms with Crippen LogP contribution in [0.25, 0.3) is 0 Å². The number of benzene rings is 1. The van der Waals surface area contributed by atoms with Gasteiger partial charge in [-0.15, -0.1) is 0 Å². The van der Waals surface area contributed by atoms with E-state index in [1.807, 2.05) is 18.2 Å². The Morgan fingerprint density at radius 2 is 2.39 bits per heavy atom. The number of nitrogens with one attached hydrogen (secondary N) is 1. The number of hydrogen-bond donors (Lipinski definition) is 2. The SMILES string of the molecule is COc1cccc(CC(NN)C2COCCO2)c1. The lowest BCUT2D eigenvalue weighted by Gasteiger charge is -2.30. The predicted octanol–water partition coefficient (Wildman–Crippen LogP) is 0.485. The van der Waals surface area contributed by atoms with E-state index < -0.39 is 0 Å². The van der Waals surface area contributed by atoms with Crippen molar-refractivity contribution < 1.29 is 14.2 Å². The van der Waals surface area contributed by atoms with E-state index in [2.05, 4.69) is 11.5 Å². The van der Waals surface area contributed by atoms with Gasteiger partial charge in [-0.25, -0.2) is 0 Å². The number of ether oxygens (including phenoxy) is 3. The molecule has 100 valence electrons. The molecule has 0 radical (unpaired) electrons. The monoisotopic (exact) mass is 252 g/mol. The van der Waals surface area contributed by atoms with Gasteiger partial charge in [-0.05, 0) is 24.1 Å². The lowest BCUT2D eigenvalue weighted by atomic mass is 10.0. The van der Waals surface area contributed by atoms with Crippen LogP contribution in [0.3, 0.4) is 0 Å². The van der Waals surface area contributed by atoms with Crippen molar-refractivity contribution in [3.05, 3.63) is 29.8 Å². The van der Waals surface area contributed by atoms with Gasteiger partial charge in [-0.3, -0.25) is 11.3 Å². The van der Waals surface area contributed by atoms with Gasteiger partial charge in [-0.1, -0.05) is 12.1 Å². The first-order chi connectivity index (χ1) is 8.83. The fourth-order valence-corrected chi connectivity index (χ4v) is 2.09. The highest BCUT2D eigenvalue weighted by molar-refractivity contribution is 5.29. The maximum absolute atomic E-state index is 5.66. The van der Waals surface area contributed by atoms with Gasteiger partial charge < -0.3 is 14.2 Å². The van der Waals surface area contributed by atoms with Crippen LogP contribution < -0.4 is 16.0 Å². The van der Waals surface area contributed by atoms with Crippen LogP contribution in [-0.2, 0) is 15.9 Å². The van der Waals surface area contributed by atoms with Crippen molar-refractivity contribution in [2.75, 3.05) is 26.9 Å². The molecular formula is C13H20N2O3. The molecule has 5 heteroatoms. The van der Waals surface area contributed by atoms with E-state index in [9.17, 15) is 0 Å². The van der Waals surface area contributed by atoms with Crippen molar-refractivity contribution in [1.29, 1.82) is 0 Å². The van der Waals surface area contributed by atoms with Crippen molar-refractivity contribution >= 4 is 0 Å². The minimum absolute atomic E-state index is 0.00467. The van der Waals surface area contributed by atoms with Crippen LogP contribution in [0.15, 0.2) is 24.3 Å². The van der Waals surface area contributed by atoms with Gasteiger partial charge in [0.2, 0.25) is 0 Å². The second-order valence-corrected chi connectivity index (χ2v) is 4.31. The Hall–Kier alpha value is -1.14. The zero-order chi connectivity index (χ0) is 12.8. The molecule has 1 saturated heterocycles. The molecule has 0 spiro atoms. The smallest absolute Gasteiger partial charge is 0.119 e. The molecule has 0 aromatic heterocycles. The molecule has 1 heterocycles.